The number of ether oxygens (including phenoxy) is 4. The maximum Gasteiger partial charge on any atom is 0.335 e. The molecular weight excluding hydrogens is 200 g/mol. The second-order valence-electron chi connectivity index (χ2n) is 4.29. The second-order valence-corrected chi connectivity index (χ2v) is 4.29. The Labute approximate surface area is 88.6 Å². The van der Waals surface area contributed by atoms with Crippen molar-refractivity contribution in [3.63, 3.8) is 0 Å². The molecule has 0 unspecified atom stereocenters. The molecule has 0 spiro atoms. The van der Waals surface area contributed by atoms with E-state index in [4.69, 9.17) is 14.2 Å². The molecule has 2 fully saturated rings. The molecule has 0 amide bonds. The standard InChI is InChI=1S/C10H16O5/c1-10(2)13-5-8-6(15-10)4-7(14-8)9(11)12-3/h6-8H,4-5H2,1-3H3/t6-,7-,8-/m1/s1. The van der Waals surface area contributed by atoms with E-state index in [0.717, 1.165) is 0 Å². The molecule has 0 bridgehead atoms. The van der Waals surface area contributed by atoms with Gasteiger partial charge in [-0.3, -0.25) is 0 Å². The van der Waals surface area contributed by atoms with Crippen molar-refractivity contribution in [3.8, 4) is 0 Å². The first-order valence-electron chi connectivity index (χ1n) is 5.07. The monoisotopic (exact) mass is 216 g/mol. The Morgan fingerprint density at radius 2 is 2.13 bits per heavy atom. The Morgan fingerprint density at radius 3 is 2.80 bits per heavy atom. The molecule has 0 aromatic rings. The molecule has 0 aliphatic carbocycles. The predicted molar refractivity (Wildman–Crippen MR) is 50.2 cm³/mol. The van der Waals surface area contributed by atoms with Gasteiger partial charge in [0, 0.05) is 6.42 Å². The summed E-state index contributed by atoms with van der Waals surface area (Å²) in [6, 6.07) is 0. The average molecular weight is 216 g/mol. The zero-order valence-corrected chi connectivity index (χ0v) is 9.19. The Balaban J connectivity index is 1.99. The van der Waals surface area contributed by atoms with Crippen LogP contribution >= 0.6 is 0 Å². The fourth-order valence-corrected chi connectivity index (χ4v) is 1.95. The number of methoxy groups -OCH3 is 1. The highest BCUT2D eigenvalue weighted by atomic mass is 16.7. The lowest BCUT2D eigenvalue weighted by atomic mass is 10.1. The number of carbonyl (C=O) groups is 1. The fourth-order valence-electron chi connectivity index (χ4n) is 1.95. The van der Waals surface area contributed by atoms with Crippen LogP contribution in [0.25, 0.3) is 0 Å². The second kappa shape index (κ2) is 3.73. The average Bonchev–Trinajstić information content (AvgIpc) is 2.57. The van der Waals surface area contributed by atoms with Crippen molar-refractivity contribution < 1.29 is 23.7 Å². The lowest BCUT2D eigenvalue weighted by Gasteiger charge is -2.36. The Morgan fingerprint density at radius 1 is 1.40 bits per heavy atom. The molecule has 2 saturated heterocycles. The summed E-state index contributed by atoms with van der Waals surface area (Å²) < 4.78 is 21.2. The van der Waals surface area contributed by atoms with Gasteiger partial charge >= 0.3 is 5.97 Å². The molecule has 0 aromatic heterocycles. The van der Waals surface area contributed by atoms with Crippen LogP contribution in [0.4, 0.5) is 0 Å². The topological polar surface area (TPSA) is 54.0 Å². The molecule has 5 nitrogen and oxygen atoms in total. The van der Waals surface area contributed by atoms with Gasteiger partial charge in [-0.2, -0.15) is 0 Å². The van der Waals surface area contributed by atoms with Gasteiger partial charge in [0.2, 0.25) is 0 Å². The maximum absolute atomic E-state index is 11.3. The number of hydrogen-bond donors (Lipinski definition) is 0. The van der Waals surface area contributed by atoms with E-state index in [1.165, 1.54) is 7.11 Å². The van der Waals surface area contributed by atoms with Crippen LogP contribution in [0.3, 0.4) is 0 Å². The summed E-state index contributed by atoms with van der Waals surface area (Å²) in [6.45, 7) is 4.18. The van der Waals surface area contributed by atoms with Crippen LogP contribution < -0.4 is 0 Å². The fraction of sp³-hybridized carbons (Fsp3) is 0.900. The summed E-state index contributed by atoms with van der Waals surface area (Å²) in [7, 11) is 1.36. The van der Waals surface area contributed by atoms with Gasteiger partial charge in [-0.15, -0.1) is 0 Å². The highest BCUT2D eigenvalue weighted by Gasteiger charge is 2.46. The van der Waals surface area contributed by atoms with Crippen LogP contribution in [0.2, 0.25) is 0 Å². The van der Waals surface area contributed by atoms with Gasteiger partial charge in [0.15, 0.2) is 11.9 Å². The largest absolute Gasteiger partial charge is 0.467 e. The summed E-state index contributed by atoms with van der Waals surface area (Å²) in [5.74, 6) is -0.930. The molecule has 2 aliphatic heterocycles. The first-order chi connectivity index (χ1) is 7.02. The van der Waals surface area contributed by atoms with Crippen molar-refractivity contribution in [2.24, 2.45) is 0 Å². The van der Waals surface area contributed by atoms with Crippen molar-refractivity contribution in [1.82, 2.24) is 0 Å². The van der Waals surface area contributed by atoms with Gasteiger partial charge in [0.1, 0.15) is 6.10 Å². The van der Waals surface area contributed by atoms with E-state index in [1.54, 1.807) is 0 Å². The van der Waals surface area contributed by atoms with Gasteiger partial charge in [0.05, 0.1) is 19.8 Å². The quantitative estimate of drug-likeness (QED) is 0.596. The molecule has 3 atom stereocenters. The predicted octanol–water partition coefficient (Wildman–Crippen LogP) is 0.468. The minimum Gasteiger partial charge on any atom is -0.467 e. The van der Waals surface area contributed by atoms with Gasteiger partial charge in [-0.1, -0.05) is 0 Å². The normalized spacial score (nSPS) is 38.5. The van der Waals surface area contributed by atoms with Gasteiger partial charge in [-0.25, -0.2) is 4.79 Å². The third-order valence-corrected chi connectivity index (χ3v) is 2.69. The molecule has 86 valence electrons. The van der Waals surface area contributed by atoms with E-state index in [1.807, 2.05) is 13.8 Å². The lowest BCUT2D eigenvalue weighted by molar-refractivity contribution is -0.293. The molecule has 0 aromatic carbocycles. The molecule has 2 heterocycles. The summed E-state index contributed by atoms with van der Waals surface area (Å²) in [5, 5.41) is 0. The van der Waals surface area contributed by atoms with Crippen molar-refractivity contribution >= 4 is 5.97 Å². The molecule has 2 aliphatic rings. The number of fused-ring (bicyclic) bond motifs is 1. The van der Waals surface area contributed by atoms with Crippen LogP contribution in [0.1, 0.15) is 20.3 Å². The van der Waals surface area contributed by atoms with Crippen LogP contribution in [-0.2, 0) is 23.7 Å². The van der Waals surface area contributed by atoms with Crippen LogP contribution in [0, 0.1) is 0 Å². The summed E-state index contributed by atoms with van der Waals surface area (Å²) in [4.78, 5) is 11.3. The van der Waals surface area contributed by atoms with Crippen molar-refractivity contribution in [2.45, 2.75) is 44.4 Å². The van der Waals surface area contributed by atoms with E-state index in [2.05, 4.69) is 4.74 Å². The van der Waals surface area contributed by atoms with Crippen LogP contribution in [0.15, 0.2) is 0 Å². The van der Waals surface area contributed by atoms with Gasteiger partial charge in [0.25, 0.3) is 0 Å². The molecule has 15 heavy (non-hydrogen) atoms. The van der Waals surface area contributed by atoms with E-state index in [0.29, 0.717) is 13.0 Å². The maximum atomic E-state index is 11.3. The van der Waals surface area contributed by atoms with E-state index < -0.39 is 11.9 Å². The highest BCUT2D eigenvalue weighted by Crippen LogP contribution is 2.33. The smallest absolute Gasteiger partial charge is 0.335 e. The molecular formula is C10H16O5. The molecule has 0 N–H and O–H groups in total. The molecule has 0 saturated carbocycles. The highest BCUT2D eigenvalue weighted by molar-refractivity contribution is 5.75. The van der Waals surface area contributed by atoms with Crippen LogP contribution in [-0.4, -0.2) is 43.8 Å². The van der Waals surface area contributed by atoms with Gasteiger partial charge in [-0.05, 0) is 13.8 Å². The Hall–Kier alpha value is -0.650. The lowest BCUT2D eigenvalue weighted by Crippen LogP contribution is -2.46. The van der Waals surface area contributed by atoms with E-state index in [9.17, 15) is 4.79 Å². The molecule has 0 radical (unpaired) electrons. The Kier molecular flexibility index (Phi) is 2.70. The van der Waals surface area contributed by atoms with Crippen molar-refractivity contribution in [3.05, 3.63) is 0 Å². The summed E-state index contributed by atoms with van der Waals surface area (Å²) >= 11 is 0. The van der Waals surface area contributed by atoms with Crippen LogP contribution in [0.5, 0.6) is 0 Å². The summed E-state index contributed by atoms with van der Waals surface area (Å²) in [6.07, 6.45) is -0.188. The van der Waals surface area contributed by atoms with E-state index in [-0.39, 0.29) is 18.2 Å². The van der Waals surface area contributed by atoms with Gasteiger partial charge < -0.3 is 18.9 Å². The Bertz CT molecular complexity index is 263. The number of esters is 1. The zero-order valence-electron chi connectivity index (χ0n) is 9.19. The summed E-state index contributed by atoms with van der Waals surface area (Å²) in [5.41, 5.74) is 0. The molecule has 2 rings (SSSR count). The van der Waals surface area contributed by atoms with Crippen molar-refractivity contribution in [1.29, 1.82) is 0 Å². The van der Waals surface area contributed by atoms with Crippen molar-refractivity contribution in [2.75, 3.05) is 13.7 Å². The molecule has 5 heteroatoms. The third kappa shape index (κ3) is 2.14. The minimum absolute atomic E-state index is 0.0714. The number of hydrogen-bond acceptors (Lipinski definition) is 5. The zero-order chi connectivity index (χ0) is 11.1. The number of carbonyl (C=O) groups excluding carboxylic acids is 1. The minimum atomic E-state index is -0.588. The third-order valence-electron chi connectivity index (χ3n) is 2.69. The first kappa shape index (κ1) is 10.9. The SMILES string of the molecule is COC(=O)[C@H]1C[C@H]2OC(C)(C)OC[C@H]2O1. The van der Waals surface area contributed by atoms with E-state index >= 15 is 0 Å². The first-order valence-corrected chi connectivity index (χ1v) is 5.07. The number of rotatable bonds is 1.